The van der Waals surface area contributed by atoms with E-state index in [9.17, 15) is 14.4 Å². The van der Waals surface area contributed by atoms with E-state index in [1.54, 1.807) is 12.1 Å². The van der Waals surface area contributed by atoms with Gasteiger partial charge >= 0.3 is 6.09 Å². The van der Waals surface area contributed by atoms with E-state index < -0.39 is 24.0 Å². The second-order valence-electron chi connectivity index (χ2n) is 7.40. The summed E-state index contributed by atoms with van der Waals surface area (Å²) in [7, 11) is 1.54. The number of benzene rings is 2. The molecule has 1 fully saturated rings. The first-order valence-electron chi connectivity index (χ1n) is 9.83. The molecular formula is C23H23NO5. The van der Waals surface area contributed by atoms with Gasteiger partial charge in [0.15, 0.2) is 5.78 Å². The predicted octanol–water partition coefficient (Wildman–Crippen LogP) is 4.11. The van der Waals surface area contributed by atoms with Crippen LogP contribution in [0.2, 0.25) is 0 Å². The molecule has 1 heterocycles. The largest absolute Gasteiger partial charge is 0.497 e. The van der Waals surface area contributed by atoms with Crippen LogP contribution in [0.15, 0.2) is 48.5 Å². The van der Waals surface area contributed by atoms with Crippen molar-refractivity contribution in [3.63, 3.8) is 0 Å². The summed E-state index contributed by atoms with van der Waals surface area (Å²) in [4.78, 5) is 40.4. The number of Topliss-reactive ketones (excluding diaryl/α,β-unsaturated/α-hetero) is 1. The number of hydrogen-bond donors (Lipinski definition) is 0. The number of hydrogen-bond acceptors (Lipinski definition) is 5. The average Bonchev–Trinajstić information content (AvgIpc) is 3.26. The number of carbonyl (C=O) groups is 3. The predicted molar refractivity (Wildman–Crippen MR) is 106 cm³/mol. The van der Waals surface area contributed by atoms with Crippen LogP contribution in [0.5, 0.6) is 5.75 Å². The van der Waals surface area contributed by atoms with Gasteiger partial charge < -0.3 is 9.47 Å². The highest BCUT2D eigenvalue weighted by Gasteiger charge is 2.50. The van der Waals surface area contributed by atoms with Gasteiger partial charge in [0.05, 0.1) is 7.11 Å². The van der Waals surface area contributed by atoms with Gasteiger partial charge in [-0.1, -0.05) is 49.7 Å². The zero-order valence-corrected chi connectivity index (χ0v) is 16.5. The lowest BCUT2D eigenvalue weighted by Gasteiger charge is -2.25. The molecule has 4 rings (SSSR count). The van der Waals surface area contributed by atoms with E-state index >= 15 is 0 Å². The molecule has 2 amide bonds. The second kappa shape index (κ2) is 7.70. The van der Waals surface area contributed by atoms with Crippen LogP contribution in [-0.2, 0) is 9.53 Å². The summed E-state index contributed by atoms with van der Waals surface area (Å²) >= 11 is 0. The van der Waals surface area contributed by atoms with Gasteiger partial charge in [0.1, 0.15) is 24.3 Å². The van der Waals surface area contributed by atoms with Gasteiger partial charge in [0.2, 0.25) is 5.91 Å². The van der Waals surface area contributed by atoms with Crippen molar-refractivity contribution < 1.29 is 23.9 Å². The summed E-state index contributed by atoms with van der Waals surface area (Å²) in [5.74, 6) is -1.35. The Morgan fingerprint density at radius 3 is 2.62 bits per heavy atom. The van der Waals surface area contributed by atoms with Gasteiger partial charge in [-0.2, -0.15) is 0 Å². The maximum absolute atomic E-state index is 13.5. The molecule has 3 atom stereocenters. The minimum absolute atomic E-state index is 0.0920. The molecule has 0 radical (unpaired) electrons. The van der Waals surface area contributed by atoms with Crippen LogP contribution in [0.25, 0.3) is 0 Å². The minimum Gasteiger partial charge on any atom is -0.497 e. The Labute approximate surface area is 169 Å². The molecule has 1 aliphatic carbocycles. The molecule has 29 heavy (non-hydrogen) atoms. The molecule has 0 bridgehead atoms. The van der Waals surface area contributed by atoms with Gasteiger partial charge in [-0.3, -0.25) is 9.59 Å². The molecule has 0 spiro atoms. The summed E-state index contributed by atoms with van der Waals surface area (Å²) in [5, 5.41) is 0. The fourth-order valence-electron chi connectivity index (χ4n) is 4.38. The number of fused-ring (bicyclic) bond motifs is 1. The van der Waals surface area contributed by atoms with Crippen LogP contribution in [-0.4, -0.2) is 36.4 Å². The van der Waals surface area contributed by atoms with E-state index in [-0.39, 0.29) is 18.3 Å². The SMILES string of the molecule is CCC[C@H]1c2ccc(OC)cc2C(=O)[C@@H]1C(=O)N1C(=O)OC[C@@H]1c1ccccc1. The van der Waals surface area contributed by atoms with Crippen molar-refractivity contribution in [1.29, 1.82) is 0 Å². The molecule has 2 aromatic carbocycles. The van der Waals surface area contributed by atoms with Crippen molar-refractivity contribution in [2.45, 2.75) is 31.7 Å². The third-order valence-corrected chi connectivity index (χ3v) is 5.77. The highest BCUT2D eigenvalue weighted by molar-refractivity contribution is 6.16. The molecule has 6 heteroatoms. The lowest BCUT2D eigenvalue weighted by atomic mass is 9.87. The van der Waals surface area contributed by atoms with Crippen LogP contribution < -0.4 is 4.74 Å². The van der Waals surface area contributed by atoms with Crippen LogP contribution >= 0.6 is 0 Å². The Morgan fingerprint density at radius 1 is 1.17 bits per heavy atom. The number of methoxy groups -OCH3 is 1. The monoisotopic (exact) mass is 393 g/mol. The first-order valence-corrected chi connectivity index (χ1v) is 9.83. The Kier molecular flexibility index (Phi) is 5.09. The van der Waals surface area contributed by atoms with E-state index in [1.807, 2.05) is 43.3 Å². The fraction of sp³-hybridized carbons (Fsp3) is 0.348. The minimum atomic E-state index is -0.922. The van der Waals surface area contributed by atoms with Gasteiger partial charge in [0.25, 0.3) is 0 Å². The molecule has 2 aliphatic rings. The van der Waals surface area contributed by atoms with Crippen molar-refractivity contribution in [2.75, 3.05) is 13.7 Å². The molecular weight excluding hydrogens is 370 g/mol. The van der Waals surface area contributed by atoms with Crippen molar-refractivity contribution in [1.82, 2.24) is 4.90 Å². The molecule has 0 saturated carbocycles. The van der Waals surface area contributed by atoms with Gasteiger partial charge in [-0.25, -0.2) is 9.69 Å². The zero-order chi connectivity index (χ0) is 20.5. The normalized spacial score (nSPS) is 23.1. The topological polar surface area (TPSA) is 72.9 Å². The first kappa shape index (κ1) is 19.2. The van der Waals surface area contributed by atoms with Crippen LogP contribution in [0.1, 0.15) is 53.2 Å². The molecule has 2 aromatic rings. The number of amides is 2. The maximum atomic E-state index is 13.5. The number of imide groups is 1. The Balaban J connectivity index is 1.71. The Hall–Kier alpha value is -3.15. The molecule has 1 aliphatic heterocycles. The zero-order valence-electron chi connectivity index (χ0n) is 16.5. The number of ketones is 1. The molecule has 150 valence electrons. The number of carbonyl (C=O) groups excluding carboxylic acids is 3. The van der Waals surface area contributed by atoms with Crippen molar-refractivity contribution in [2.24, 2.45) is 5.92 Å². The first-order chi connectivity index (χ1) is 14.1. The number of ether oxygens (including phenoxy) is 2. The number of cyclic esters (lactones) is 1. The molecule has 0 unspecified atom stereocenters. The highest BCUT2D eigenvalue weighted by atomic mass is 16.6. The lowest BCUT2D eigenvalue weighted by Crippen LogP contribution is -2.41. The highest BCUT2D eigenvalue weighted by Crippen LogP contribution is 2.44. The molecule has 6 nitrogen and oxygen atoms in total. The third-order valence-electron chi connectivity index (χ3n) is 5.77. The molecule has 0 N–H and O–H groups in total. The lowest BCUT2D eigenvalue weighted by molar-refractivity contribution is -0.132. The fourth-order valence-corrected chi connectivity index (χ4v) is 4.38. The molecule has 0 aromatic heterocycles. The van der Waals surface area contributed by atoms with Gasteiger partial charge in [-0.15, -0.1) is 0 Å². The van der Waals surface area contributed by atoms with Gasteiger partial charge in [0, 0.05) is 11.5 Å². The summed E-state index contributed by atoms with van der Waals surface area (Å²) in [6, 6.07) is 14.1. The van der Waals surface area contributed by atoms with Crippen LogP contribution in [0.4, 0.5) is 4.79 Å². The van der Waals surface area contributed by atoms with Crippen molar-refractivity contribution in [3.8, 4) is 5.75 Å². The van der Waals surface area contributed by atoms with E-state index in [4.69, 9.17) is 9.47 Å². The summed E-state index contributed by atoms with van der Waals surface area (Å²) in [6.45, 7) is 2.11. The molecule has 1 saturated heterocycles. The van der Waals surface area contributed by atoms with E-state index in [1.165, 1.54) is 7.11 Å². The third kappa shape index (κ3) is 3.18. The summed E-state index contributed by atoms with van der Waals surface area (Å²) in [6.07, 6.45) is 0.806. The van der Waals surface area contributed by atoms with E-state index in [0.29, 0.717) is 17.7 Å². The Morgan fingerprint density at radius 2 is 1.93 bits per heavy atom. The van der Waals surface area contributed by atoms with E-state index in [2.05, 4.69) is 0 Å². The summed E-state index contributed by atoms with van der Waals surface area (Å²) in [5.41, 5.74) is 2.16. The maximum Gasteiger partial charge on any atom is 0.417 e. The van der Waals surface area contributed by atoms with Crippen molar-refractivity contribution >= 4 is 17.8 Å². The quantitative estimate of drug-likeness (QED) is 0.715. The average molecular weight is 393 g/mol. The number of rotatable bonds is 5. The van der Waals surface area contributed by atoms with Crippen LogP contribution in [0.3, 0.4) is 0 Å². The standard InChI is InChI=1S/C23H23NO5/c1-3-7-17-16-11-10-15(28-2)12-18(16)21(25)20(17)22(26)24-19(13-29-23(24)27)14-8-5-4-6-9-14/h4-6,8-12,17,19-20H,3,7,13H2,1-2H3/t17-,19+,20+/m0/s1. The van der Waals surface area contributed by atoms with Crippen molar-refractivity contribution in [3.05, 3.63) is 65.2 Å². The Bertz CT molecular complexity index is 955. The summed E-state index contributed by atoms with van der Waals surface area (Å²) < 4.78 is 10.4. The van der Waals surface area contributed by atoms with Crippen LogP contribution in [0, 0.1) is 5.92 Å². The smallest absolute Gasteiger partial charge is 0.417 e. The van der Waals surface area contributed by atoms with Gasteiger partial charge in [-0.05, 0) is 29.7 Å². The van der Waals surface area contributed by atoms with E-state index in [0.717, 1.165) is 22.4 Å². The number of nitrogens with zero attached hydrogens (tertiary/aromatic N) is 1. The second-order valence-corrected chi connectivity index (χ2v) is 7.40.